The number of halogens is 1. The van der Waals surface area contributed by atoms with Crippen molar-refractivity contribution in [2.45, 2.75) is 32.2 Å². The summed E-state index contributed by atoms with van der Waals surface area (Å²) in [6.07, 6.45) is 3.82. The molecule has 2 heterocycles. The number of hydrogen-bond donors (Lipinski definition) is 1. The van der Waals surface area contributed by atoms with Gasteiger partial charge in [-0.1, -0.05) is 12.1 Å². The highest BCUT2D eigenvalue weighted by molar-refractivity contribution is 7.09. The van der Waals surface area contributed by atoms with Gasteiger partial charge in [0.1, 0.15) is 10.8 Å². The molecule has 0 radical (unpaired) electrons. The summed E-state index contributed by atoms with van der Waals surface area (Å²) < 4.78 is 13.0. The van der Waals surface area contributed by atoms with E-state index in [1.165, 1.54) is 30.4 Å². The van der Waals surface area contributed by atoms with Crippen molar-refractivity contribution in [3.63, 3.8) is 0 Å². The van der Waals surface area contributed by atoms with E-state index in [0.717, 1.165) is 23.4 Å². The Morgan fingerprint density at radius 2 is 2.15 bits per heavy atom. The molecule has 1 aromatic carbocycles. The number of carbonyl (C=O) groups is 2. The fraction of sp³-hybridized carbons (Fsp3) is 0.421. The summed E-state index contributed by atoms with van der Waals surface area (Å²) >= 11 is 1.52. The number of amides is 2. The molecule has 5 nitrogen and oxygen atoms in total. The molecule has 1 fully saturated rings. The number of thiazole rings is 1. The summed E-state index contributed by atoms with van der Waals surface area (Å²) in [6, 6.07) is 5.86. The molecule has 0 aliphatic carbocycles. The molecule has 2 aromatic rings. The minimum Gasteiger partial charge on any atom is -0.347 e. The first-order valence-electron chi connectivity index (χ1n) is 8.71. The van der Waals surface area contributed by atoms with Gasteiger partial charge in [0.15, 0.2) is 0 Å². The first-order valence-corrected chi connectivity index (χ1v) is 9.59. The quantitative estimate of drug-likeness (QED) is 0.874. The number of carbonyl (C=O) groups excluding carboxylic acids is 2. The number of rotatable bonds is 5. The molecule has 26 heavy (non-hydrogen) atoms. The maximum Gasteiger partial charge on any atom is 0.226 e. The van der Waals surface area contributed by atoms with Crippen LogP contribution in [0.4, 0.5) is 4.39 Å². The third kappa shape index (κ3) is 4.66. The maximum atomic E-state index is 13.0. The Kier molecular flexibility index (Phi) is 5.98. The second kappa shape index (κ2) is 8.40. The van der Waals surface area contributed by atoms with Crippen molar-refractivity contribution >= 4 is 23.2 Å². The number of hydrogen-bond acceptors (Lipinski definition) is 4. The third-order valence-electron chi connectivity index (χ3n) is 4.63. The molecule has 1 aliphatic rings. The van der Waals surface area contributed by atoms with E-state index in [1.54, 1.807) is 18.3 Å². The summed E-state index contributed by atoms with van der Waals surface area (Å²) in [4.78, 5) is 30.5. The van der Waals surface area contributed by atoms with Crippen molar-refractivity contribution in [1.82, 2.24) is 15.2 Å². The normalized spacial score (nSPS) is 18.4. The lowest BCUT2D eigenvalue weighted by Crippen LogP contribution is -2.45. The predicted octanol–water partition coefficient (Wildman–Crippen LogP) is 2.94. The van der Waals surface area contributed by atoms with Crippen LogP contribution in [0.15, 0.2) is 35.8 Å². The van der Waals surface area contributed by atoms with Crippen molar-refractivity contribution in [1.29, 1.82) is 0 Å². The van der Waals surface area contributed by atoms with Crippen LogP contribution < -0.4 is 5.32 Å². The van der Waals surface area contributed by atoms with Gasteiger partial charge < -0.3 is 10.2 Å². The van der Waals surface area contributed by atoms with Crippen LogP contribution in [0.25, 0.3) is 0 Å². The van der Waals surface area contributed by atoms with Crippen LogP contribution in [-0.4, -0.2) is 34.8 Å². The topological polar surface area (TPSA) is 62.3 Å². The van der Waals surface area contributed by atoms with Gasteiger partial charge in [-0.15, -0.1) is 11.3 Å². The highest BCUT2D eigenvalue weighted by Crippen LogP contribution is 2.31. The van der Waals surface area contributed by atoms with Crippen LogP contribution in [0, 0.1) is 11.7 Å². The summed E-state index contributed by atoms with van der Waals surface area (Å²) in [5.41, 5.74) is 0.803. The van der Waals surface area contributed by atoms with Crippen molar-refractivity contribution in [3.8, 4) is 0 Å². The molecule has 0 spiro atoms. The van der Waals surface area contributed by atoms with Crippen LogP contribution in [0.1, 0.15) is 36.4 Å². The molecule has 3 rings (SSSR count). The number of benzene rings is 1. The number of nitrogens with one attached hydrogen (secondary N) is 1. The van der Waals surface area contributed by atoms with Gasteiger partial charge in [0.05, 0.1) is 12.5 Å². The van der Waals surface area contributed by atoms with E-state index in [0.29, 0.717) is 13.1 Å². The van der Waals surface area contributed by atoms with Crippen LogP contribution in [0.3, 0.4) is 0 Å². The Hall–Kier alpha value is -2.28. The van der Waals surface area contributed by atoms with Gasteiger partial charge >= 0.3 is 0 Å². The monoisotopic (exact) mass is 375 g/mol. The fourth-order valence-electron chi connectivity index (χ4n) is 3.39. The summed E-state index contributed by atoms with van der Waals surface area (Å²) in [5, 5.41) is 5.76. The zero-order chi connectivity index (χ0) is 18.5. The molecule has 2 atom stereocenters. The number of piperidine rings is 1. The van der Waals surface area contributed by atoms with Gasteiger partial charge in [-0.2, -0.15) is 0 Å². The molecule has 0 bridgehead atoms. The van der Waals surface area contributed by atoms with Gasteiger partial charge in [0.25, 0.3) is 0 Å². The first kappa shape index (κ1) is 18.5. The first-order chi connectivity index (χ1) is 12.5. The average Bonchev–Trinajstić information content (AvgIpc) is 3.16. The molecule has 1 N–H and O–H groups in total. The lowest BCUT2D eigenvalue weighted by atomic mass is 9.90. The highest BCUT2D eigenvalue weighted by atomic mass is 32.1. The van der Waals surface area contributed by atoms with Crippen molar-refractivity contribution in [3.05, 3.63) is 52.2 Å². The Labute approximate surface area is 156 Å². The third-order valence-corrected chi connectivity index (χ3v) is 5.49. The average molecular weight is 375 g/mol. The summed E-state index contributed by atoms with van der Waals surface area (Å²) in [6.45, 7) is 2.80. The summed E-state index contributed by atoms with van der Waals surface area (Å²) in [5.74, 6) is -0.237. The van der Waals surface area contributed by atoms with Gasteiger partial charge in [0, 0.05) is 37.5 Å². The summed E-state index contributed by atoms with van der Waals surface area (Å²) in [7, 11) is 0. The molecule has 0 saturated carbocycles. The standard InChI is InChI=1S/C19H22FN3O2S/c1-13(24)22-18(19-21-8-10-26-19)15-3-2-9-23(12-15)17(25)11-14-4-6-16(20)7-5-14/h4-8,10,15,18H,2-3,9,11-12H2,1H3,(H,22,24). The van der Waals surface area contributed by atoms with Crippen molar-refractivity contribution in [2.24, 2.45) is 5.92 Å². The molecular weight excluding hydrogens is 353 g/mol. The molecule has 1 aliphatic heterocycles. The molecular formula is C19H22FN3O2S. The Morgan fingerprint density at radius 1 is 1.38 bits per heavy atom. The second-order valence-electron chi connectivity index (χ2n) is 6.59. The van der Waals surface area contributed by atoms with Gasteiger partial charge in [-0.25, -0.2) is 9.37 Å². The molecule has 1 saturated heterocycles. The van der Waals surface area contributed by atoms with Crippen LogP contribution >= 0.6 is 11.3 Å². The number of nitrogens with zero attached hydrogens (tertiary/aromatic N) is 2. The largest absolute Gasteiger partial charge is 0.347 e. The van der Waals surface area contributed by atoms with Gasteiger partial charge in [0.2, 0.25) is 11.8 Å². The zero-order valence-electron chi connectivity index (χ0n) is 14.7. The molecule has 2 amide bonds. The minimum atomic E-state index is -0.305. The molecule has 1 aromatic heterocycles. The number of aromatic nitrogens is 1. The SMILES string of the molecule is CC(=O)NC(c1nccs1)C1CCCN(C(=O)Cc2ccc(F)cc2)C1. The minimum absolute atomic E-state index is 0.0296. The lowest BCUT2D eigenvalue weighted by Gasteiger charge is -2.36. The van der Waals surface area contributed by atoms with Gasteiger partial charge in [-0.3, -0.25) is 9.59 Å². The van der Waals surface area contributed by atoms with E-state index in [4.69, 9.17) is 0 Å². The zero-order valence-corrected chi connectivity index (χ0v) is 15.5. The highest BCUT2D eigenvalue weighted by Gasteiger charge is 2.32. The molecule has 2 unspecified atom stereocenters. The second-order valence-corrected chi connectivity index (χ2v) is 7.52. The molecule has 7 heteroatoms. The Morgan fingerprint density at radius 3 is 2.81 bits per heavy atom. The van der Waals surface area contributed by atoms with E-state index < -0.39 is 0 Å². The van der Waals surface area contributed by atoms with E-state index in [9.17, 15) is 14.0 Å². The van der Waals surface area contributed by atoms with E-state index >= 15 is 0 Å². The van der Waals surface area contributed by atoms with E-state index in [2.05, 4.69) is 10.3 Å². The Bertz CT molecular complexity index is 749. The van der Waals surface area contributed by atoms with Crippen molar-refractivity contribution in [2.75, 3.05) is 13.1 Å². The smallest absolute Gasteiger partial charge is 0.226 e. The van der Waals surface area contributed by atoms with E-state index in [1.807, 2.05) is 10.3 Å². The van der Waals surface area contributed by atoms with E-state index in [-0.39, 0.29) is 36.0 Å². The lowest BCUT2D eigenvalue weighted by molar-refractivity contribution is -0.132. The fourth-order valence-corrected chi connectivity index (χ4v) is 4.17. The predicted molar refractivity (Wildman–Crippen MR) is 98.1 cm³/mol. The van der Waals surface area contributed by atoms with Crippen molar-refractivity contribution < 1.29 is 14.0 Å². The van der Waals surface area contributed by atoms with Crippen LogP contribution in [-0.2, 0) is 16.0 Å². The van der Waals surface area contributed by atoms with Crippen LogP contribution in [0.5, 0.6) is 0 Å². The molecule has 138 valence electrons. The maximum absolute atomic E-state index is 13.0. The van der Waals surface area contributed by atoms with Gasteiger partial charge in [-0.05, 0) is 30.5 Å². The van der Waals surface area contributed by atoms with Crippen LogP contribution in [0.2, 0.25) is 0 Å². The Balaban J connectivity index is 1.68. The number of likely N-dealkylation sites (tertiary alicyclic amines) is 1.